The first-order chi connectivity index (χ1) is 6.52. The highest BCUT2D eigenvalue weighted by Crippen LogP contribution is 2.20. The number of hydrogen-bond donors (Lipinski definition) is 1. The van der Waals surface area contributed by atoms with Crippen LogP contribution in [0.25, 0.3) is 0 Å². The molecule has 3 heteroatoms. The SMILES string of the molecule is CSCCN(C)CCCC(C)(C)CN. The summed E-state index contributed by atoms with van der Waals surface area (Å²) in [6.45, 7) is 7.68. The summed E-state index contributed by atoms with van der Waals surface area (Å²) in [7, 11) is 2.20. The Bertz CT molecular complexity index is 137. The fraction of sp³-hybridized carbons (Fsp3) is 1.00. The fourth-order valence-electron chi connectivity index (χ4n) is 1.29. The zero-order chi connectivity index (χ0) is 11.0. The molecule has 86 valence electrons. The molecule has 0 fully saturated rings. The summed E-state index contributed by atoms with van der Waals surface area (Å²) in [6, 6.07) is 0. The molecule has 0 saturated heterocycles. The zero-order valence-corrected chi connectivity index (χ0v) is 11.0. The van der Waals surface area contributed by atoms with Crippen LogP contribution >= 0.6 is 11.8 Å². The second kappa shape index (κ2) is 7.55. The van der Waals surface area contributed by atoms with Crippen molar-refractivity contribution in [2.24, 2.45) is 11.1 Å². The number of rotatable bonds is 8. The summed E-state index contributed by atoms with van der Waals surface area (Å²) < 4.78 is 0. The van der Waals surface area contributed by atoms with Gasteiger partial charge in [0.15, 0.2) is 0 Å². The molecular formula is C11H26N2S. The van der Waals surface area contributed by atoms with Gasteiger partial charge in [0.1, 0.15) is 0 Å². The highest BCUT2D eigenvalue weighted by Gasteiger charge is 2.14. The van der Waals surface area contributed by atoms with E-state index in [2.05, 4.69) is 32.1 Å². The van der Waals surface area contributed by atoms with E-state index < -0.39 is 0 Å². The minimum Gasteiger partial charge on any atom is -0.330 e. The largest absolute Gasteiger partial charge is 0.330 e. The Hall–Kier alpha value is 0.270. The Morgan fingerprint density at radius 3 is 2.43 bits per heavy atom. The van der Waals surface area contributed by atoms with Crippen LogP contribution in [-0.2, 0) is 0 Å². The second-order valence-electron chi connectivity index (χ2n) is 4.77. The van der Waals surface area contributed by atoms with Gasteiger partial charge in [0, 0.05) is 12.3 Å². The molecule has 0 rings (SSSR count). The lowest BCUT2D eigenvalue weighted by Crippen LogP contribution is -2.27. The Labute approximate surface area is 93.6 Å². The zero-order valence-electron chi connectivity index (χ0n) is 10.2. The standard InChI is InChI=1S/C11H26N2S/c1-11(2,10-12)6-5-7-13(3)8-9-14-4/h5-10,12H2,1-4H3. The molecule has 0 aliphatic rings. The predicted octanol–water partition coefficient (Wildman–Crippen LogP) is 2.05. The maximum Gasteiger partial charge on any atom is 0.00692 e. The normalized spacial score (nSPS) is 12.4. The maximum absolute atomic E-state index is 5.69. The van der Waals surface area contributed by atoms with Gasteiger partial charge in [0.25, 0.3) is 0 Å². The highest BCUT2D eigenvalue weighted by molar-refractivity contribution is 7.98. The first kappa shape index (κ1) is 14.3. The van der Waals surface area contributed by atoms with Gasteiger partial charge in [-0.3, -0.25) is 0 Å². The molecule has 0 saturated carbocycles. The van der Waals surface area contributed by atoms with Crippen LogP contribution in [0, 0.1) is 5.41 Å². The van der Waals surface area contributed by atoms with Gasteiger partial charge in [-0.15, -0.1) is 0 Å². The third-order valence-electron chi connectivity index (χ3n) is 2.62. The molecule has 14 heavy (non-hydrogen) atoms. The van der Waals surface area contributed by atoms with Crippen molar-refractivity contribution in [3.05, 3.63) is 0 Å². The molecular weight excluding hydrogens is 192 g/mol. The third kappa shape index (κ3) is 7.65. The van der Waals surface area contributed by atoms with Crippen molar-refractivity contribution in [1.82, 2.24) is 4.90 Å². The summed E-state index contributed by atoms with van der Waals surface area (Å²) in [5.74, 6) is 1.23. The summed E-state index contributed by atoms with van der Waals surface area (Å²) in [5, 5.41) is 0. The smallest absolute Gasteiger partial charge is 0.00692 e. The Kier molecular flexibility index (Phi) is 7.69. The lowest BCUT2D eigenvalue weighted by Gasteiger charge is -2.24. The molecule has 0 spiro atoms. The van der Waals surface area contributed by atoms with Crippen LogP contribution in [-0.4, -0.2) is 43.6 Å². The monoisotopic (exact) mass is 218 g/mol. The van der Waals surface area contributed by atoms with E-state index in [-0.39, 0.29) is 0 Å². The minimum atomic E-state index is 0.320. The Balaban J connectivity index is 3.43. The van der Waals surface area contributed by atoms with E-state index in [1.54, 1.807) is 0 Å². The number of nitrogens with zero attached hydrogens (tertiary/aromatic N) is 1. The summed E-state index contributed by atoms with van der Waals surface area (Å²) in [4.78, 5) is 2.41. The van der Waals surface area contributed by atoms with Gasteiger partial charge in [-0.05, 0) is 44.6 Å². The van der Waals surface area contributed by atoms with Crippen molar-refractivity contribution >= 4 is 11.8 Å². The van der Waals surface area contributed by atoms with Crippen LogP contribution in [0.2, 0.25) is 0 Å². The van der Waals surface area contributed by atoms with E-state index in [1.807, 2.05) is 11.8 Å². The van der Waals surface area contributed by atoms with Gasteiger partial charge < -0.3 is 10.6 Å². The fourth-order valence-corrected chi connectivity index (χ4v) is 1.78. The van der Waals surface area contributed by atoms with Crippen LogP contribution < -0.4 is 5.73 Å². The van der Waals surface area contributed by atoms with E-state index >= 15 is 0 Å². The topological polar surface area (TPSA) is 29.3 Å². The Morgan fingerprint density at radius 2 is 1.93 bits per heavy atom. The number of thioether (sulfide) groups is 1. The van der Waals surface area contributed by atoms with Crippen LogP contribution in [0.4, 0.5) is 0 Å². The molecule has 0 heterocycles. The van der Waals surface area contributed by atoms with Crippen LogP contribution in [0.1, 0.15) is 26.7 Å². The second-order valence-corrected chi connectivity index (χ2v) is 5.75. The highest BCUT2D eigenvalue weighted by atomic mass is 32.2. The molecule has 0 aromatic carbocycles. The van der Waals surface area contributed by atoms with Gasteiger partial charge in [0.2, 0.25) is 0 Å². The minimum absolute atomic E-state index is 0.320. The lowest BCUT2D eigenvalue weighted by atomic mass is 9.88. The first-order valence-electron chi connectivity index (χ1n) is 5.39. The van der Waals surface area contributed by atoms with E-state index in [0.29, 0.717) is 5.41 Å². The molecule has 0 aliphatic heterocycles. The van der Waals surface area contributed by atoms with Crippen molar-refractivity contribution in [1.29, 1.82) is 0 Å². The van der Waals surface area contributed by atoms with Crippen molar-refractivity contribution in [3.63, 3.8) is 0 Å². The number of hydrogen-bond acceptors (Lipinski definition) is 3. The third-order valence-corrected chi connectivity index (χ3v) is 3.21. The van der Waals surface area contributed by atoms with Gasteiger partial charge in [-0.25, -0.2) is 0 Å². The average molecular weight is 218 g/mol. The van der Waals surface area contributed by atoms with Gasteiger partial charge in [0.05, 0.1) is 0 Å². The molecule has 0 radical (unpaired) electrons. The molecule has 0 bridgehead atoms. The summed E-state index contributed by atoms with van der Waals surface area (Å²) in [6.07, 6.45) is 4.65. The molecule has 0 unspecified atom stereocenters. The van der Waals surface area contributed by atoms with E-state index in [0.717, 1.165) is 6.54 Å². The van der Waals surface area contributed by atoms with Gasteiger partial charge >= 0.3 is 0 Å². The summed E-state index contributed by atoms with van der Waals surface area (Å²) >= 11 is 1.91. The lowest BCUT2D eigenvalue weighted by molar-refractivity contribution is 0.286. The average Bonchev–Trinajstić information content (AvgIpc) is 2.14. The van der Waals surface area contributed by atoms with Gasteiger partial charge in [-0.1, -0.05) is 13.8 Å². The van der Waals surface area contributed by atoms with Crippen molar-refractivity contribution in [2.45, 2.75) is 26.7 Å². The predicted molar refractivity (Wildman–Crippen MR) is 67.9 cm³/mol. The van der Waals surface area contributed by atoms with Crippen LogP contribution in [0.3, 0.4) is 0 Å². The molecule has 0 atom stereocenters. The maximum atomic E-state index is 5.69. The molecule has 2 N–H and O–H groups in total. The molecule has 2 nitrogen and oxygen atoms in total. The van der Waals surface area contributed by atoms with Crippen molar-refractivity contribution in [3.8, 4) is 0 Å². The first-order valence-corrected chi connectivity index (χ1v) is 6.79. The van der Waals surface area contributed by atoms with E-state index in [9.17, 15) is 0 Å². The molecule has 0 aromatic rings. The van der Waals surface area contributed by atoms with Crippen LogP contribution in [0.15, 0.2) is 0 Å². The van der Waals surface area contributed by atoms with E-state index in [1.165, 1.54) is 31.7 Å². The Morgan fingerprint density at radius 1 is 1.29 bits per heavy atom. The number of nitrogens with two attached hydrogens (primary N) is 1. The van der Waals surface area contributed by atoms with E-state index in [4.69, 9.17) is 5.73 Å². The van der Waals surface area contributed by atoms with Crippen molar-refractivity contribution < 1.29 is 0 Å². The quantitative estimate of drug-likeness (QED) is 0.676. The molecule has 0 aliphatic carbocycles. The molecule has 0 aromatic heterocycles. The summed E-state index contributed by atoms with van der Waals surface area (Å²) in [5.41, 5.74) is 6.01. The van der Waals surface area contributed by atoms with Crippen molar-refractivity contribution in [2.75, 3.05) is 38.7 Å². The van der Waals surface area contributed by atoms with Crippen LogP contribution in [0.5, 0.6) is 0 Å². The van der Waals surface area contributed by atoms with Gasteiger partial charge in [-0.2, -0.15) is 11.8 Å². The molecule has 0 amide bonds.